The maximum Gasteiger partial charge on any atom is 0.418 e. The molecule has 0 atom stereocenters. The first kappa shape index (κ1) is 18.4. The van der Waals surface area contributed by atoms with E-state index < -0.39 is 11.7 Å². The molecule has 2 nitrogen and oxygen atoms in total. The Balaban J connectivity index is 2.00. The van der Waals surface area contributed by atoms with Crippen LogP contribution in [-0.2, 0) is 12.6 Å². The molecule has 0 aliphatic rings. The van der Waals surface area contributed by atoms with Crippen LogP contribution in [0.5, 0.6) is 0 Å². The maximum atomic E-state index is 13.5. The van der Waals surface area contributed by atoms with Crippen molar-refractivity contribution >= 4 is 22.5 Å². The molecule has 0 fully saturated rings. The second kappa shape index (κ2) is 7.24. The van der Waals surface area contributed by atoms with E-state index >= 15 is 0 Å². The summed E-state index contributed by atoms with van der Waals surface area (Å²) in [6, 6.07) is 20.7. The van der Waals surface area contributed by atoms with Crippen LogP contribution in [0.2, 0.25) is 5.02 Å². The zero-order valence-electron chi connectivity index (χ0n) is 14.5. The lowest BCUT2D eigenvalue weighted by Crippen LogP contribution is -2.09. The summed E-state index contributed by atoms with van der Waals surface area (Å²) >= 11 is 6.15. The van der Waals surface area contributed by atoms with Gasteiger partial charge in [-0.25, -0.2) is 0 Å². The van der Waals surface area contributed by atoms with E-state index in [9.17, 15) is 13.2 Å². The number of fused-ring (bicyclic) bond motifs is 1. The van der Waals surface area contributed by atoms with Gasteiger partial charge in [0.2, 0.25) is 0 Å². The van der Waals surface area contributed by atoms with Crippen molar-refractivity contribution in [2.75, 3.05) is 0 Å². The lowest BCUT2D eigenvalue weighted by Gasteiger charge is -2.15. The number of aromatic nitrogens is 2. The van der Waals surface area contributed by atoms with Gasteiger partial charge in [0.25, 0.3) is 0 Å². The highest BCUT2D eigenvalue weighted by molar-refractivity contribution is 6.30. The van der Waals surface area contributed by atoms with Crippen molar-refractivity contribution in [1.82, 2.24) is 10.2 Å². The minimum atomic E-state index is -4.51. The van der Waals surface area contributed by atoms with Crippen molar-refractivity contribution in [3.8, 4) is 11.1 Å². The number of hydrogen-bond acceptors (Lipinski definition) is 2. The van der Waals surface area contributed by atoms with Crippen LogP contribution < -0.4 is 0 Å². The fourth-order valence-corrected chi connectivity index (χ4v) is 3.47. The van der Waals surface area contributed by atoms with E-state index in [1.165, 1.54) is 6.07 Å². The van der Waals surface area contributed by atoms with Gasteiger partial charge in [0, 0.05) is 22.4 Å². The molecule has 1 aromatic heterocycles. The number of rotatable bonds is 3. The van der Waals surface area contributed by atoms with Crippen LogP contribution >= 0.6 is 11.6 Å². The summed E-state index contributed by atoms with van der Waals surface area (Å²) < 4.78 is 40.4. The standard InChI is InChI=1S/C22H14ClF3N2/c23-16-9-4-8-15(13-16)20-17-10-5-11-18(22(24,25)26)21(17)28-27-19(20)12-14-6-2-1-3-7-14/h1-11,13H,12H2. The van der Waals surface area contributed by atoms with Crippen molar-refractivity contribution in [2.45, 2.75) is 12.6 Å². The number of benzene rings is 3. The predicted molar refractivity (Wildman–Crippen MR) is 104 cm³/mol. The average Bonchev–Trinajstić information content (AvgIpc) is 2.67. The van der Waals surface area contributed by atoms with Crippen LogP contribution in [0.4, 0.5) is 13.2 Å². The molecule has 0 spiro atoms. The Labute approximate surface area is 164 Å². The first-order chi connectivity index (χ1) is 13.4. The van der Waals surface area contributed by atoms with Crippen LogP contribution in [0.25, 0.3) is 22.0 Å². The van der Waals surface area contributed by atoms with Crippen LogP contribution in [0.15, 0.2) is 72.8 Å². The third-order valence-electron chi connectivity index (χ3n) is 4.50. The molecule has 28 heavy (non-hydrogen) atoms. The molecule has 4 aromatic rings. The van der Waals surface area contributed by atoms with Gasteiger partial charge in [0.05, 0.1) is 11.3 Å². The van der Waals surface area contributed by atoms with Crippen molar-refractivity contribution < 1.29 is 13.2 Å². The first-order valence-corrected chi connectivity index (χ1v) is 8.96. The molecule has 3 aromatic carbocycles. The Kier molecular flexibility index (Phi) is 4.77. The SMILES string of the molecule is FC(F)(F)c1cccc2c(-c3cccc(Cl)c3)c(Cc3ccccc3)nnc12. The Morgan fingerprint density at radius 1 is 0.821 bits per heavy atom. The lowest BCUT2D eigenvalue weighted by molar-refractivity contribution is -0.136. The number of halogens is 4. The van der Waals surface area contributed by atoms with Crippen LogP contribution in [0, 0.1) is 0 Å². The van der Waals surface area contributed by atoms with E-state index in [0.717, 1.165) is 11.6 Å². The molecular formula is C22H14ClF3N2. The van der Waals surface area contributed by atoms with Gasteiger partial charge in [-0.05, 0) is 29.3 Å². The van der Waals surface area contributed by atoms with E-state index in [2.05, 4.69) is 10.2 Å². The average molecular weight is 399 g/mol. The molecule has 0 bridgehead atoms. The molecular weight excluding hydrogens is 385 g/mol. The monoisotopic (exact) mass is 398 g/mol. The fourth-order valence-electron chi connectivity index (χ4n) is 3.28. The number of hydrogen-bond donors (Lipinski definition) is 0. The zero-order chi connectivity index (χ0) is 19.7. The summed E-state index contributed by atoms with van der Waals surface area (Å²) in [6.07, 6.45) is -4.07. The van der Waals surface area contributed by atoms with Crippen molar-refractivity contribution in [3.63, 3.8) is 0 Å². The van der Waals surface area contributed by atoms with Gasteiger partial charge in [0.1, 0.15) is 5.52 Å². The second-order valence-corrected chi connectivity index (χ2v) is 6.83. The molecule has 0 radical (unpaired) electrons. The van der Waals surface area contributed by atoms with Crippen LogP contribution in [0.3, 0.4) is 0 Å². The minimum Gasteiger partial charge on any atom is -0.166 e. The Morgan fingerprint density at radius 2 is 1.57 bits per heavy atom. The zero-order valence-corrected chi connectivity index (χ0v) is 15.3. The van der Waals surface area contributed by atoms with E-state index in [-0.39, 0.29) is 5.52 Å². The van der Waals surface area contributed by atoms with Gasteiger partial charge in [-0.15, -0.1) is 5.10 Å². The smallest absolute Gasteiger partial charge is 0.166 e. The van der Waals surface area contributed by atoms with Gasteiger partial charge in [-0.2, -0.15) is 18.3 Å². The molecule has 140 valence electrons. The lowest BCUT2D eigenvalue weighted by atomic mass is 9.95. The van der Waals surface area contributed by atoms with Gasteiger partial charge in [-0.1, -0.05) is 66.2 Å². The largest absolute Gasteiger partial charge is 0.418 e. The van der Waals surface area contributed by atoms with Crippen LogP contribution in [-0.4, -0.2) is 10.2 Å². The summed E-state index contributed by atoms with van der Waals surface area (Å²) in [5.41, 5.74) is 1.95. The molecule has 1 heterocycles. The van der Waals surface area contributed by atoms with Crippen molar-refractivity contribution in [3.05, 3.63) is 94.6 Å². The van der Waals surface area contributed by atoms with Crippen molar-refractivity contribution in [1.29, 1.82) is 0 Å². The second-order valence-electron chi connectivity index (χ2n) is 6.39. The summed E-state index contributed by atoms with van der Waals surface area (Å²) in [6.45, 7) is 0. The first-order valence-electron chi connectivity index (χ1n) is 8.59. The Morgan fingerprint density at radius 3 is 2.29 bits per heavy atom. The highest BCUT2D eigenvalue weighted by Gasteiger charge is 2.34. The summed E-state index contributed by atoms with van der Waals surface area (Å²) in [7, 11) is 0. The predicted octanol–water partition coefficient (Wildman–Crippen LogP) is 6.56. The van der Waals surface area contributed by atoms with E-state index in [1.54, 1.807) is 24.3 Å². The minimum absolute atomic E-state index is 0.165. The summed E-state index contributed by atoms with van der Waals surface area (Å²) in [5, 5.41) is 9.04. The summed E-state index contributed by atoms with van der Waals surface area (Å²) in [5.74, 6) is 0. The normalized spacial score (nSPS) is 11.7. The number of nitrogens with zero attached hydrogens (tertiary/aromatic N) is 2. The van der Waals surface area contributed by atoms with Gasteiger partial charge in [-0.3, -0.25) is 0 Å². The van der Waals surface area contributed by atoms with Crippen molar-refractivity contribution in [2.24, 2.45) is 0 Å². The third-order valence-corrected chi connectivity index (χ3v) is 4.73. The molecule has 0 saturated carbocycles. The van der Waals surface area contributed by atoms with Gasteiger partial charge in [0.15, 0.2) is 0 Å². The van der Waals surface area contributed by atoms with Gasteiger partial charge >= 0.3 is 6.18 Å². The van der Waals surface area contributed by atoms with Crippen LogP contribution in [0.1, 0.15) is 16.8 Å². The molecule has 6 heteroatoms. The molecule has 4 rings (SSSR count). The highest BCUT2D eigenvalue weighted by atomic mass is 35.5. The highest BCUT2D eigenvalue weighted by Crippen LogP contribution is 2.38. The molecule has 0 unspecified atom stereocenters. The van der Waals surface area contributed by atoms with E-state index in [0.29, 0.717) is 33.7 Å². The maximum absolute atomic E-state index is 13.5. The summed E-state index contributed by atoms with van der Waals surface area (Å²) in [4.78, 5) is 0. The molecule has 0 N–H and O–H groups in total. The fraction of sp³-hybridized carbons (Fsp3) is 0.0909. The third kappa shape index (κ3) is 3.58. The molecule has 0 aliphatic heterocycles. The van der Waals surface area contributed by atoms with E-state index in [1.807, 2.05) is 36.4 Å². The molecule has 0 amide bonds. The quantitative estimate of drug-likeness (QED) is 0.390. The Hall–Kier alpha value is -2.92. The molecule has 0 saturated heterocycles. The van der Waals surface area contributed by atoms with E-state index in [4.69, 9.17) is 11.6 Å². The van der Waals surface area contributed by atoms with Gasteiger partial charge < -0.3 is 0 Å². The number of alkyl halides is 3. The Bertz CT molecular complexity index is 1140. The topological polar surface area (TPSA) is 25.8 Å². The molecule has 0 aliphatic carbocycles.